The summed E-state index contributed by atoms with van der Waals surface area (Å²) in [5.74, 6) is 0. The van der Waals surface area contributed by atoms with Gasteiger partial charge in [0.1, 0.15) is 0 Å². The Morgan fingerprint density at radius 3 is 1.34 bits per heavy atom. The van der Waals surface area contributed by atoms with Crippen molar-refractivity contribution in [2.75, 3.05) is 0 Å². The third kappa shape index (κ3) is 4.11. The predicted octanol–water partition coefficient (Wildman–Crippen LogP) is 15.0. The molecule has 4 heterocycles. The van der Waals surface area contributed by atoms with Gasteiger partial charge in [0.25, 0.3) is 0 Å². The lowest BCUT2D eigenvalue weighted by molar-refractivity contribution is 1.18. The Hall–Kier alpha value is -7.88. The minimum absolute atomic E-state index is 1.16. The molecule has 10 aromatic carbocycles. The molecule has 0 amide bonds. The van der Waals surface area contributed by atoms with Crippen LogP contribution in [0.5, 0.6) is 0 Å². The Morgan fingerprint density at radius 2 is 0.712 bits per heavy atom. The lowest BCUT2D eigenvalue weighted by atomic mass is 10.00. The second kappa shape index (κ2) is 11.4. The molecular weight excluding hydrogens is 715 g/mol. The summed E-state index contributed by atoms with van der Waals surface area (Å²) in [5, 5.41) is 15.2. The number of aromatic nitrogens is 3. The third-order valence-electron chi connectivity index (χ3n) is 13.1. The van der Waals surface area contributed by atoms with E-state index >= 15 is 0 Å². The van der Waals surface area contributed by atoms with Crippen LogP contribution in [0, 0.1) is 0 Å². The lowest BCUT2D eigenvalue weighted by Crippen LogP contribution is -1.97. The number of nitrogens with zero attached hydrogens (tertiary/aromatic N) is 3. The Balaban J connectivity index is 0.977. The van der Waals surface area contributed by atoms with Gasteiger partial charge in [-0.15, -0.1) is 0 Å². The average molecular weight is 748 g/mol. The highest BCUT2D eigenvalue weighted by Crippen LogP contribution is 2.43. The van der Waals surface area contributed by atoms with Crippen molar-refractivity contribution in [3.05, 3.63) is 200 Å². The van der Waals surface area contributed by atoms with E-state index in [-0.39, 0.29) is 0 Å². The van der Waals surface area contributed by atoms with Crippen LogP contribution in [-0.2, 0) is 0 Å². The SMILES string of the molecule is c1ccc2c(-n3c4ccccc4c4cc(-c5ccc6c(c5)c5ccccc5n6-c5ccc6c7cccc8c9ccccc9n(c6c5)c87)ccc43)c3ccccc3cc2c1. The second-order valence-corrected chi connectivity index (χ2v) is 16.1. The van der Waals surface area contributed by atoms with Crippen molar-refractivity contribution in [1.29, 1.82) is 0 Å². The summed E-state index contributed by atoms with van der Waals surface area (Å²) in [6.07, 6.45) is 0. The van der Waals surface area contributed by atoms with Crippen molar-refractivity contribution in [1.82, 2.24) is 13.5 Å². The molecule has 0 spiro atoms. The average Bonchev–Trinajstić information content (AvgIpc) is 4.02. The van der Waals surface area contributed by atoms with E-state index in [9.17, 15) is 0 Å². The van der Waals surface area contributed by atoms with E-state index in [1.165, 1.54) is 120 Å². The molecule has 0 saturated heterocycles. The fourth-order valence-corrected chi connectivity index (χ4v) is 10.6. The van der Waals surface area contributed by atoms with Crippen LogP contribution < -0.4 is 0 Å². The molecule has 0 aliphatic rings. The van der Waals surface area contributed by atoms with E-state index in [0.717, 1.165) is 5.69 Å². The minimum Gasteiger partial charge on any atom is -0.309 e. The van der Waals surface area contributed by atoms with Gasteiger partial charge in [-0.25, -0.2) is 0 Å². The third-order valence-corrected chi connectivity index (χ3v) is 13.1. The number of hydrogen-bond donors (Lipinski definition) is 0. The van der Waals surface area contributed by atoms with Crippen LogP contribution in [0.3, 0.4) is 0 Å². The van der Waals surface area contributed by atoms with E-state index in [0.29, 0.717) is 0 Å². The first-order valence-corrected chi connectivity index (χ1v) is 20.4. The molecule has 0 unspecified atom stereocenters. The molecule has 0 saturated carbocycles. The first kappa shape index (κ1) is 31.2. The van der Waals surface area contributed by atoms with Gasteiger partial charge in [-0.2, -0.15) is 0 Å². The smallest absolute Gasteiger partial charge is 0.0620 e. The number of benzene rings is 10. The van der Waals surface area contributed by atoms with Gasteiger partial charge in [-0.05, 0) is 82.6 Å². The molecule has 59 heavy (non-hydrogen) atoms. The predicted molar refractivity (Wildman–Crippen MR) is 250 cm³/mol. The molecule has 4 aromatic heterocycles. The summed E-state index contributed by atoms with van der Waals surface area (Å²) in [6, 6.07) is 74.3. The Morgan fingerprint density at radius 1 is 0.254 bits per heavy atom. The van der Waals surface area contributed by atoms with Crippen molar-refractivity contribution >= 4 is 103 Å². The van der Waals surface area contributed by atoms with Gasteiger partial charge in [0.15, 0.2) is 0 Å². The summed E-state index contributed by atoms with van der Waals surface area (Å²) in [7, 11) is 0. The summed E-state index contributed by atoms with van der Waals surface area (Å²) in [5.41, 5.74) is 13.4. The molecule has 0 aliphatic heterocycles. The lowest BCUT2D eigenvalue weighted by Gasteiger charge is -2.15. The quantitative estimate of drug-likeness (QED) is 0.160. The monoisotopic (exact) mass is 747 g/mol. The fourth-order valence-electron chi connectivity index (χ4n) is 10.6. The van der Waals surface area contributed by atoms with Crippen LogP contribution in [0.15, 0.2) is 200 Å². The van der Waals surface area contributed by atoms with Crippen LogP contribution in [0.1, 0.15) is 0 Å². The van der Waals surface area contributed by atoms with E-state index in [1.807, 2.05) is 0 Å². The Kier molecular flexibility index (Phi) is 6.02. The first-order valence-electron chi connectivity index (χ1n) is 20.4. The normalized spacial score (nSPS) is 12.4. The number of hydrogen-bond acceptors (Lipinski definition) is 0. The van der Waals surface area contributed by atoms with Crippen molar-refractivity contribution in [3.63, 3.8) is 0 Å². The van der Waals surface area contributed by atoms with Crippen molar-refractivity contribution in [2.45, 2.75) is 0 Å². The molecule has 3 heteroatoms. The molecule has 0 bridgehead atoms. The molecule has 14 aromatic rings. The largest absolute Gasteiger partial charge is 0.309 e. The van der Waals surface area contributed by atoms with E-state index in [2.05, 4.69) is 214 Å². The maximum absolute atomic E-state index is 2.49. The first-order chi connectivity index (χ1) is 29.3. The Labute approximate surface area is 338 Å². The van der Waals surface area contributed by atoms with Crippen LogP contribution in [0.2, 0.25) is 0 Å². The highest BCUT2D eigenvalue weighted by Gasteiger charge is 2.21. The van der Waals surface area contributed by atoms with Gasteiger partial charge < -0.3 is 13.5 Å². The molecule has 0 aliphatic carbocycles. The number of fused-ring (bicyclic) bond motifs is 14. The molecule has 14 rings (SSSR count). The zero-order chi connectivity index (χ0) is 38.3. The van der Waals surface area contributed by atoms with Gasteiger partial charge in [0, 0.05) is 59.5 Å². The summed E-state index contributed by atoms with van der Waals surface area (Å²) in [6.45, 7) is 0. The van der Waals surface area contributed by atoms with Gasteiger partial charge in [-0.3, -0.25) is 0 Å². The van der Waals surface area contributed by atoms with Crippen LogP contribution in [-0.4, -0.2) is 13.5 Å². The Bertz CT molecular complexity index is 4030. The van der Waals surface area contributed by atoms with E-state index in [1.54, 1.807) is 0 Å². The van der Waals surface area contributed by atoms with Crippen LogP contribution >= 0.6 is 0 Å². The summed E-state index contributed by atoms with van der Waals surface area (Å²) >= 11 is 0. The molecule has 272 valence electrons. The van der Waals surface area contributed by atoms with Crippen LogP contribution in [0.25, 0.3) is 126 Å². The fraction of sp³-hybridized carbons (Fsp3) is 0. The maximum atomic E-state index is 2.49. The van der Waals surface area contributed by atoms with Gasteiger partial charge >= 0.3 is 0 Å². The molecule has 0 radical (unpaired) electrons. The van der Waals surface area contributed by atoms with Gasteiger partial charge in [-0.1, -0.05) is 140 Å². The minimum atomic E-state index is 1.16. The van der Waals surface area contributed by atoms with Crippen molar-refractivity contribution in [2.24, 2.45) is 0 Å². The van der Waals surface area contributed by atoms with E-state index < -0.39 is 0 Å². The molecular formula is C56H33N3. The van der Waals surface area contributed by atoms with E-state index in [4.69, 9.17) is 0 Å². The molecule has 0 fully saturated rings. The molecule has 0 atom stereocenters. The van der Waals surface area contributed by atoms with Crippen molar-refractivity contribution in [3.8, 4) is 22.5 Å². The standard InChI is InChI=1S/C56H33N3/c1-3-14-39-36(12-1)30-37-13-2-4-15-40(37)55(39)58-51-23-10-7-18-43(51)48-32-35(25-29-53(48)58)34-24-28-52-47(31-34)42-17-6-8-21-49(42)57(52)38-26-27-44-46-20-11-19-45-41-16-5-9-22-50(41)59(56(45)46)54(44)33-38/h1-33H. The van der Waals surface area contributed by atoms with Gasteiger partial charge in [0.2, 0.25) is 0 Å². The van der Waals surface area contributed by atoms with Gasteiger partial charge in [0.05, 0.1) is 44.3 Å². The second-order valence-electron chi connectivity index (χ2n) is 16.1. The maximum Gasteiger partial charge on any atom is 0.0620 e. The van der Waals surface area contributed by atoms with Crippen LogP contribution in [0.4, 0.5) is 0 Å². The zero-order valence-corrected chi connectivity index (χ0v) is 31.9. The number of rotatable bonds is 3. The highest BCUT2D eigenvalue weighted by atomic mass is 15.0. The number of para-hydroxylation sites is 4. The summed E-state index contributed by atoms with van der Waals surface area (Å²) in [4.78, 5) is 0. The highest BCUT2D eigenvalue weighted by molar-refractivity contribution is 6.24. The van der Waals surface area contributed by atoms with Crippen molar-refractivity contribution < 1.29 is 0 Å². The zero-order valence-electron chi connectivity index (χ0n) is 31.9. The summed E-state index contributed by atoms with van der Waals surface area (Å²) < 4.78 is 7.42. The molecule has 0 N–H and O–H groups in total. The topological polar surface area (TPSA) is 14.3 Å². The molecule has 3 nitrogen and oxygen atoms in total.